The van der Waals surface area contributed by atoms with Crippen molar-refractivity contribution in [3.63, 3.8) is 0 Å². The van der Waals surface area contributed by atoms with Crippen LogP contribution in [0.3, 0.4) is 0 Å². The van der Waals surface area contributed by atoms with E-state index in [2.05, 4.69) is 32.0 Å². The average Bonchev–Trinajstić information content (AvgIpc) is 2.28. The smallest absolute Gasteiger partial charge is 0.167 e. The zero-order chi connectivity index (χ0) is 12.3. The van der Waals surface area contributed by atoms with Gasteiger partial charge in [0.25, 0.3) is 0 Å². The third-order valence-electron chi connectivity index (χ3n) is 2.74. The van der Waals surface area contributed by atoms with E-state index in [1.165, 1.54) is 11.1 Å². The topological polar surface area (TPSA) is 17.1 Å². The van der Waals surface area contributed by atoms with Crippen LogP contribution in [0.5, 0.6) is 0 Å². The van der Waals surface area contributed by atoms with Crippen molar-refractivity contribution in [1.82, 2.24) is 0 Å². The summed E-state index contributed by atoms with van der Waals surface area (Å²) in [4.78, 5) is 12.0. The predicted octanol–water partition coefficient (Wildman–Crippen LogP) is 3.73. The molecule has 0 saturated carbocycles. The van der Waals surface area contributed by atoms with Gasteiger partial charge in [-0.15, -0.1) is 0 Å². The molecule has 0 aliphatic heterocycles. The van der Waals surface area contributed by atoms with Crippen molar-refractivity contribution in [1.29, 1.82) is 0 Å². The number of carbonyl (C=O) groups excluding carboxylic acids is 1. The average molecular weight is 224 g/mol. The van der Waals surface area contributed by atoms with Gasteiger partial charge in [0.15, 0.2) is 5.78 Å². The molecule has 0 bridgehead atoms. The van der Waals surface area contributed by atoms with Crippen molar-refractivity contribution in [2.45, 2.75) is 20.3 Å². The fourth-order valence-corrected chi connectivity index (χ4v) is 2.08. The summed E-state index contributed by atoms with van der Waals surface area (Å²) >= 11 is 0. The van der Waals surface area contributed by atoms with Gasteiger partial charge in [0, 0.05) is 12.0 Å². The lowest BCUT2D eigenvalue weighted by Gasteiger charge is -2.04. The van der Waals surface area contributed by atoms with Crippen LogP contribution in [0.1, 0.15) is 27.0 Å². The molecular weight excluding hydrogens is 208 g/mol. The summed E-state index contributed by atoms with van der Waals surface area (Å²) in [7, 11) is 0. The third-order valence-corrected chi connectivity index (χ3v) is 2.74. The second-order valence-corrected chi connectivity index (χ2v) is 4.46. The number of hydrogen-bond donors (Lipinski definition) is 0. The fraction of sp³-hybridized carbons (Fsp3) is 0.188. The molecule has 0 spiro atoms. The van der Waals surface area contributed by atoms with Crippen LogP contribution in [-0.4, -0.2) is 5.78 Å². The molecule has 0 atom stereocenters. The minimum atomic E-state index is 0.176. The highest BCUT2D eigenvalue weighted by Gasteiger charge is 2.06. The minimum Gasteiger partial charge on any atom is -0.294 e. The first-order valence-corrected chi connectivity index (χ1v) is 5.80. The van der Waals surface area contributed by atoms with Gasteiger partial charge in [0.05, 0.1) is 0 Å². The molecule has 0 radical (unpaired) electrons. The molecular formula is C16H16O. The Morgan fingerprint density at radius 2 is 1.53 bits per heavy atom. The van der Waals surface area contributed by atoms with E-state index in [1.54, 1.807) is 0 Å². The molecule has 0 unspecified atom stereocenters. The quantitative estimate of drug-likeness (QED) is 0.726. The van der Waals surface area contributed by atoms with Gasteiger partial charge in [0.1, 0.15) is 0 Å². The van der Waals surface area contributed by atoms with E-state index in [1.807, 2.05) is 30.3 Å². The van der Waals surface area contributed by atoms with E-state index in [0.717, 1.165) is 11.1 Å². The first kappa shape index (κ1) is 11.6. The van der Waals surface area contributed by atoms with Crippen LogP contribution in [0.15, 0.2) is 48.5 Å². The maximum absolute atomic E-state index is 12.0. The number of aryl methyl sites for hydroxylation is 2. The summed E-state index contributed by atoms with van der Waals surface area (Å²) in [6, 6.07) is 15.7. The van der Waals surface area contributed by atoms with E-state index < -0.39 is 0 Å². The van der Waals surface area contributed by atoms with Gasteiger partial charge in [-0.1, -0.05) is 59.7 Å². The van der Waals surface area contributed by atoms with Crippen LogP contribution in [0.2, 0.25) is 0 Å². The Bertz CT molecular complexity index is 506. The first-order chi connectivity index (χ1) is 8.15. The molecule has 0 N–H and O–H groups in total. The number of rotatable bonds is 3. The maximum atomic E-state index is 12.0. The molecule has 0 saturated heterocycles. The Kier molecular flexibility index (Phi) is 3.38. The van der Waals surface area contributed by atoms with Gasteiger partial charge in [-0.25, -0.2) is 0 Å². The Balaban J connectivity index is 2.19. The van der Waals surface area contributed by atoms with Crippen LogP contribution in [0.4, 0.5) is 0 Å². The molecule has 2 aromatic rings. The number of hydrogen-bond acceptors (Lipinski definition) is 1. The molecule has 0 amide bonds. The van der Waals surface area contributed by atoms with E-state index in [9.17, 15) is 4.79 Å². The van der Waals surface area contributed by atoms with E-state index in [-0.39, 0.29) is 5.78 Å². The zero-order valence-corrected chi connectivity index (χ0v) is 10.2. The first-order valence-electron chi connectivity index (χ1n) is 5.80. The normalized spacial score (nSPS) is 10.2. The maximum Gasteiger partial charge on any atom is 0.167 e. The van der Waals surface area contributed by atoms with Crippen molar-refractivity contribution < 1.29 is 4.79 Å². The third kappa shape index (κ3) is 3.04. The van der Waals surface area contributed by atoms with Crippen molar-refractivity contribution in [2.24, 2.45) is 0 Å². The largest absolute Gasteiger partial charge is 0.294 e. The molecule has 2 aromatic carbocycles. The summed E-state index contributed by atoms with van der Waals surface area (Å²) in [6.07, 6.45) is 0.479. The highest BCUT2D eigenvalue weighted by Crippen LogP contribution is 2.12. The minimum absolute atomic E-state index is 0.176. The van der Waals surface area contributed by atoms with Gasteiger partial charge < -0.3 is 0 Å². The number of carbonyl (C=O) groups is 1. The summed E-state index contributed by atoms with van der Waals surface area (Å²) in [6.45, 7) is 4.12. The van der Waals surface area contributed by atoms with E-state index in [4.69, 9.17) is 0 Å². The Labute approximate surface area is 102 Å². The van der Waals surface area contributed by atoms with Crippen molar-refractivity contribution in [3.8, 4) is 0 Å². The predicted molar refractivity (Wildman–Crippen MR) is 70.4 cm³/mol. The second-order valence-electron chi connectivity index (χ2n) is 4.46. The SMILES string of the molecule is Cc1cc(C)cc(CC(=O)c2ccccc2)c1. The Hall–Kier alpha value is -1.89. The lowest BCUT2D eigenvalue weighted by molar-refractivity contribution is 0.0993. The molecule has 0 heterocycles. The fourth-order valence-electron chi connectivity index (χ4n) is 2.08. The van der Waals surface area contributed by atoms with Gasteiger partial charge in [0.2, 0.25) is 0 Å². The molecule has 0 fully saturated rings. The summed E-state index contributed by atoms with van der Waals surface area (Å²) < 4.78 is 0. The lowest BCUT2D eigenvalue weighted by atomic mass is 10.00. The molecule has 2 rings (SSSR count). The number of Topliss-reactive ketones (excluding diaryl/α,β-unsaturated/α-hetero) is 1. The highest BCUT2D eigenvalue weighted by molar-refractivity contribution is 5.97. The standard InChI is InChI=1S/C16H16O/c1-12-8-13(2)10-14(9-12)11-16(17)15-6-4-3-5-7-15/h3-10H,11H2,1-2H3. The molecule has 0 aliphatic rings. The van der Waals surface area contributed by atoms with Crippen LogP contribution in [0, 0.1) is 13.8 Å². The van der Waals surface area contributed by atoms with Crippen LogP contribution >= 0.6 is 0 Å². The second kappa shape index (κ2) is 4.96. The molecule has 1 heteroatoms. The van der Waals surface area contributed by atoms with Crippen LogP contribution < -0.4 is 0 Å². The lowest BCUT2D eigenvalue weighted by Crippen LogP contribution is -2.03. The van der Waals surface area contributed by atoms with Gasteiger partial charge in [-0.2, -0.15) is 0 Å². The summed E-state index contributed by atoms with van der Waals surface area (Å²) in [5.41, 5.74) is 4.30. The summed E-state index contributed by atoms with van der Waals surface area (Å²) in [5, 5.41) is 0. The molecule has 0 aliphatic carbocycles. The molecule has 0 aromatic heterocycles. The van der Waals surface area contributed by atoms with Gasteiger partial charge in [-0.3, -0.25) is 4.79 Å². The van der Waals surface area contributed by atoms with Gasteiger partial charge >= 0.3 is 0 Å². The zero-order valence-electron chi connectivity index (χ0n) is 10.2. The Morgan fingerprint density at radius 3 is 2.12 bits per heavy atom. The van der Waals surface area contributed by atoms with Gasteiger partial charge in [-0.05, 0) is 19.4 Å². The Morgan fingerprint density at radius 1 is 0.941 bits per heavy atom. The summed E-state index contributed by atoms with van der Waals surface area (Å²) in [5.74, 6) is 0.176. The van der Waals surface area contributed by atoms with E-state index in [0.29, 0.717) is 6.42 Å². The van der Waals surface area contributed by atoms with Crippen molar-refractivity contribution in [3.05, 3.63) is 70.8 Å². The van der Waals surface area contributed by atoms with E-state index >= 15 is 0 Å². The highest BCUT2D eigenvalue weighted by atomic mass is 16.1. The molecule has 17 heavy (non-hydrogen) atoms. The molecule has 86 valence electrons. The van der Waals surface area contributed by atoms with Crippen LogP contribution in [0.25, 0.3) is 0 Å². The van der Waals surface area contributed by atoms with Crippen LogP contribution in [-0.2, 0) is 6.42 Å². The number of benzene rings is 2. The van der Waals surface area contributed by atoms with Crippen molar-refractivity contribution in [2.75, 3.05) is 0 Å². The van der Waals surface area contributed by atoms with Crippen molar-refractivity contribution >= 4 is 5.78 Å². The number of ketones is 1. The monoisotopic (exact) mass is 224 g/mol. The molecule has 1 nitrogen and oxygen atoms in total.